The maximum atomic E-state index is 13.2. The molecule has 15 rings (SSSR count). The summed E-state index contributed by atoms with van der Waals surface area (Å²) in [4.78, 5) is 81.8. The molecular formula is C56H46Cl3F4N27O2S2. The van der Waals surface area contributed by atoms with Crippen molar-refractivity contribution in [1.29, 1.82) is 0 Å². The van der Waals surface area contributed by atoms with E-state index in [-0.39, 0.29) is 27.5 Å². The van der Waals surface area contributed by atoms with Crippen molar-refractivity contribution < 1.29 is 27.0 Å². The smallest absolute Gasteiger partial charge is 0.312 e. The Bertz CT molecular complexity index is 4770. The minimum atomic E-state index is -2.60. The molecule has 0 saturated heterocycles. The van der Waals surface area contributed by atoms with Crippen LogP contribution in [0.3, 0.4) is 0 Å². The van der Waals surface area contributed by atoms with Crippen molar-refractivity contribution in [3.05, 3.63) is 183 Å². The van der Waals surface area contributed by atoms with Crippen LogP contribution in [-0.4, -0.2) is 130 Å². The summed E-state index contributed by atoms with van der Waals surface area (Å²) in [5.74, 6) is 3.31. The van der Waals surface area contributed by atoms with Gasteiger partial charge in [-0.2, -0.15) is 63.6 Å². The molecule has 14 aromatic heterocycles. The number of rotatable bonds is 18. The molecule has 0 aliphatic rings. The Balaban J connectivity index is 0.000000120. The normalized spacial score (nSPS) is 10.9. The van der Waals surface area contributed by atoms with E-state index in [9.17, 15) is 17.6 Å². The summed E-state index contributed by atoms with van der Waals surface area (Å²) >= 11 is 20.6. The first kappa shape index (κ1) is 64.4. The zero-order chi connectivity index (χ0) is 65.2. The molecule has 10 N–H and O–H groups in total. The van der Waals surface area contributed by atoms with E-state index in [4.69, 9.17) is 44.3 Å². The lowest BCUT2D eigenvalue weighted by Crippen LogP contribution is -2.07. The summed E-state index contributed by atoms with van der Waals surface area (Å²) in [5.41, 5.74) is 9.74. The van der Waals surface area contributed by atoms with Crippen molar-refractivity contribution in [2.75, 3.05) is 40.3 Å². The summed E-state index contributed by atoms with van der Waals surface area (Å²) in [5, 5.41) is 22.2. The number of nitrogens with zero attached hydrogens (tertiary/aromatic N) is 17. The lowest BCUT2D eigenvalue weighted by atomic mass is 10.2. The third kappa shape index (κ3) is 17.5. The lowest BCUT2D eigenvalue weighted by molar-refractivity contribution is 0.0777. The van der Waals surface area contributed by atoms with E-state index in [0.717, 1.165) is 49.6 Å². The minimum absolute atomic E-state index is 0.0124. The van der Waals surface area contributed by atoms with Crippen LogP contribution in [0.1, 0.15) is 21.8 Å². The number of methoxy groups -OCH3 is 1. The number of alkyl halides is 2. The number of anilines is 6. The number of imidazole rings is 3. The maximum absolute atomic E-state index is 13.2. The SMILES string of the molecule is COc1cccc(Nc2nc(Cl)nc3nc[nH]c23)c1.Clc1nc(NCc2cscn2)c2[nH]cnc2n1.FC(F)COc1nc2nc(Cl)nc(NCc3ccncc3)c2[nH]1.Fc1nc(NCc2ccncc2)c2cc[nH]c2n1.Fc1nc(NCc2nccs2)c2cc[nH]c2n1. The molecule has 38 heteroatoms. The van der Waals surface area contributed by atoms with E-state index in [1.807, 2.05) is 65.4 Å². The number of aromatic amines is 5. The summed E-state index contributed by atoms with van der Waals surface area (Å²) < 4.78 is 60.8. The van der Waals surface area contributed by atoms with Crippen LogP contribution in [0.25, 0.3) is 55.6 Å². The molecule has 0 saturated carbocycles. The monoisotopic (exact) mass is 1370 g/mol. The van der Waals surface area contributed by atoms with Crippen molar-refractivity contribution in [1.82, 2.24) is 110 Å². The number of thiazole rings is 2. The average molecular weight is 1380 g/mol. The molecule has 14 heterocycles. The average Bonchev–Trinajstić information content (AvgIpc) is 1.70. The van der Waals surface area contributed by atoms with Crippen LogP contribution in [0.4, 0.5) is 52.3 Å². The van der Waals surface area contributed by atoms with Gasteiger partial charge in [0.2, 0.25) is 15.9 Å². The van der Waals surface area contributed by atoms with Gasteiger partial charge in [0.1, 0.15) is 50.2 Å². The van der Waals surface area contributed by atoms with E-state index in [0.29, 0.717) is 88.9 Å². The Labute approximate surface area is 549 Å². The molecule has 94 heavy (non-hydrogen) atoms. The first-order valence-electron chi connectivity index (χ1n) is 27.3. The Kier molecular flexibility index (Phi) is 21.4. The number of fused-ring (bicyclic) bond motifs is 5. The molecule has 0 amide bonds. The quantitative estimate of drug-likeness (QED) is 0.0282. The fraction of sp³-hybridized carbons (Fsp3) is 0.125. The molecule has 0 fully saturated rings. The molecule has 0 bridgehead atoms. The maximum Gasteiger partial charge on any atom is 0.312 e. The fourth-order valence-electron chi connectivity index (χ4n) is 8.33. The summed E-state index contributed by atoms with van der Waals surface area (Å²) in [6, 6.07) is 18.5. The van der Waals surface area contributed by atoms with Gasteiger partial charge in [0, 0.05) is 79.0 Å². The van der Waals surface area contributed by atoms with Gasteiger partial charge in [0.05, 0.1) is 54.8 Å². The fourth-order valence-corrected chi connectivity index (χ4v) is 9.93. The molecule has 0 spiro atoms. The molecule has 0 radical (unpaired) electrons. The molecule has 0 aliphatic heterocycles. The number of ether oxygens (including phenoxy) is 2. The van der Waals surface area contributed by atoms with Crippen LogP contribution in [-0.2, 0) is 26.2 Å². The van der Waals surface area contributed by atoms with Gasteiger partial charge in [0.25, 0.3) is 12.4 Å². The highest BCUT2D eigenvalue weighted by atomic mass is 35.5. The van der Waals surface area contributed by atoms with Crippen LogP contribution < -0.4 is 36.1 Å². The number of aromatic nitrogens is 22. The van der Waals surface area contributed by atoms with Gasteiger partial charge in [-0.05, 0) is 94.5 Å². The van der Waals surface area contributed by atoms with Gasteiger partial charge in [-0.1, -0.05) is 6.07 Å². The van der Waals surface area contributed by atoms with E-state index < -0.39 is 25.2 Å². The molecule has 0 atom stereocenters. The highest BCUT2D eigenvalue weighted by Crippen LogP contribution is 2.28. The van der Waals surface area contributed by atoms with Crippen LogP contribution >= 0.6 is 57.5 Å². The molecule has 0 aliphatic carbocycles. The summed E-state index contributed by atoms with van der Waals surface area (Å²) in [6.45, 7) is 1.37. The third-order valence-corrected chi connectivity index (χ3v) is 14.4. The number of nitrogens with one attached hydrogen (secondary N) is 10. The first-order valence-corrected chi connectivity index (χ1v) is 30.3. The second kappa shape index (κ2) is 31.3. The number of H-pyrrole nitrogens is 5. The zero-order valence-corrected chi connectivity index (χ0v) is 52.1. The van der Waals surface area contributed by atoms with Gasteiger partial charge in [-0.15, -0.1) is 22.7 Å². The van der Waals surface area contributed by atoms with Gasteiger partial charge < -0.3 is 61.0 Å². The van der Waals surface area contributed by atoms with Crippen molar-refractivity contribution in [3.8, 4) is 11.8 Å². The largest absolute Gasteiger partial charge is 0.497 e. The van der Waals surface area contributed by atoms with E-state index in [1.54, 1.807) is 86.1 Å². The second-order valence-electron chi connectivity index (χ2n) is 18.7. The molecule has 0 unspecified atom stereocenters. The number of hydrogen-bond acceptors (Lipinski definition) is 26. The Morgan fingerprint density at radius 3 is 1.69 bits per heavy atom. The van der Waals surface area contributed by atoms with Crippen molar-refractivity contribution in [2.45, 2.75) is 32.6 Å². The third-order valence-electron chi connectivity index (χ3n) is 12.5. The van der Waals surface area contributed by atoms with Crippen molar-refractivity contribution in [3.63, 3.8) is 0 Å². The predicted octanol–water partition coefficient (Wildman–Crippen LogP) is 11.8. The Morgan fingerprint density at radius 1 is 0.553 bits per heavy atom. The van der Waals surface area contributed by atoms with Gasteiger partial charge in [-0.25, -0.2) is 28.7 Å². The standard InChI is InChI=1S/C13H11ClF2N6O.C12H10ClN5O.C12H10FN5.C10H8FN5S.C9H7ClN6S/c14-12-20-10(18-5-7-1-3-17-4-2-7)9-11(21-12)22-13(19-9)23-6-8(15)16;1-19-8-4-2-3-7(5-8)16-11-9-10(15-6-14-9)17-12(13)18-11;13-12-17-10-9(3-6-15-10)11(18-12)16-7-8-1-4-14-5-2-8;11-10-15-8-6(1-2-13-8)9(16-10)14-5-7-12-3-4-17-7;10-9-15-7(6-8(16-9)13-3-12-6)11-1-5-2-17-4-14-5/h1-4,8H,5-6H2,(H2,18,19,20,21,22);2-6H,1H3,(H2,14,15,16,17,18);1-6H,7H2,(H2,15,16,17,18);1-4H,5H2,(H2,13,14,15,16);2-4H,1H2,(H2,11,12,13,15,16). The summed E-state index contributed by atoms with van der Waals surface area (Å²) in [7, 11) is 1.62. The molecule has 29 nitrogen and oxygen atoms in total. The molecule has 15 aromatic rings. The van der Waals surface area contributed by atoms with Gasteiger partial charge in [-0.3, -0.25) is 9.97 Å². The number of hydrogen-bond donors (Lipinski definition) is 10. The summed E-state index contributed by atoms with van der Waals surface area (Å²) in [6.07, 6.45) is 10.9. The highest BCUT2D eigenvalue weighted by Gasteiger charge is 2.16. The number of halogens is 7. The van der Waals surface area contributed by atoms with Gasteiger partial charge >= 0.3 is 12.2 Å². The van der Waals surface area contributed by atoms with Crippen LogP contribution in [0.15, 0.2) is 133 Å². The molecule has 478 valence electrons. The van der Waals surface area contributed by atoms with Crippen molar-refractivity contribution in [2.24, 2.45) is 0 Å². The minimum Gasteiger partial charge on any atom is -0.497 e. The van der Waals surface area contributed by atoms with E-state index >= 15 is 0 Å². The predicted molar refractivity (Wildman–Crippen MR) is 348 cm³/mol. The van der Waals surface area contributed by atoms with E-state index in [2.05, 4.69) is 136 Å². The zero-order valence-electron chi connectivity index (χ0n) is 48.2. The highest BCUT2D eigenvalue weighted by molar-refractivity contribution is 7.09. The van der Waals surface area contributed by atoms with Crippen LogP contribution in [0.5, 0.6) is 11.8 Å². The lowest BCUT2D eigenvalue weighted by Gasteiger charge is -2.08. The topological polar surface area (TPSA) is 377 Å². The number of benzene rings is 1. The molecular weight excluding hydrogens is 1330 g/mol. The molecule has 1 aromatic carbocycles. The first-order chi connectivity index (χ1) is 45.9. The van der Waals surface area contributed by atoms with Crippen LogP contribution in [0, 0.1) is 12.2 Å². The van der Waals surface area contributed by atoms with Crippen molar-refractivity contribution >= 4 is 148 Å². The van der Waals surface area contributed by atoms with E-state index in [1.165, 1.54) is 11.3 Å². The Morgan fingerprint density at radius 2 is 1.12 bits per heavy atom. The second-order valence-corrected chi connectivity index (χ2v) is 21.4. The van der Waals surface area contributed by atoms with Crippen LogP contribution in [0.2, 0.25) is 15.9 Å². The number of pyridine rings is 2. The van der Waals surface area contributed by atoms with Gasteiger partial charge in [0.15, 0.2) is 41.0 Å². The Hall–Kier alpha value is -11.1.